The summed E-state index contributed by atoms with van der Waals surface area (Å²) in [6.45, 7) is 5.99. The number of ether oxygens (including phenoxy) is 1. The Kier molecular flexibility index (Phi) is 5.25. The monoisotopic (exact) mass is 318 g/mol. The molecule has 4 nitrogen and oxygen atoms in total. The number of carboxylic acids is 1. The maximum absolute atomic E-state index is 12.9. The van der Waals surface area contributed by atoms with Crippen molar-refractivity contribution in [2.75, 3.05) is 7.11 Å². The Morgan fingerprint density at radius 2 is 1.70 bits per heavy atom. The summed E-state index contributed by atoms with van der Waals surface area (Å²) in [7, 11) is 1.64. The van der Waals surface area contributed by atoms with Crippen LogP contribution in [-0.2, 0) is 20.7 Å². The highest BCUT2D eigenvalue weighted by atomic mass is 16.5. The zero-order valence-corrected chi connectivity index (χ0v) is 14.4. The van der Waals surface area contributed by atoms with Gasteiger partial charge in [0.2, 0.25) is 0 Å². The number of carboxylic acid groups (broad SMARTS) is 1. The summed E-state index contributed by atoms with van der Waals surface area (Å²) in [5.41, 5.74) is 2.99. The molecule has 1 N–H and O–H groups in total. The van der Waals surface area contributed by atoms with Gasteiger partial charge in [-0.2, -0.15) is 0 Å². The zero-order valence-electron chi connectivity index (χ0n) is 14.4. The molecular formula is C19H26O4. The Bertz CT molecular complexity index is 587. The number of hydrogen-bond donors (Lipinski definition) is 1. The summed E-state index contributed by atoms with van der Waals surface area (Å²) < 4.78 is 5.31. The lowest BCUT2D eigenvalue weighted by Crippen LogP contribution is -2.44. The van der Waals surface area contributed by atoms with Crippen LogP contribution in [0.25, 0.3) is 0 Å². The fraction of sp³-hybridized carbons (Fsp3) is 0.579. The van der Waals surface area contributed by atoms with Gasteiger partial charge in [-0.15, -0.1) is 0 Å². The molecule has 23 heavy (non-hydrogen) atoms. The molecule has 0 unspecified atom stereocenters. The Hall–Kier alpha value is -1.68. The highest BCUT2D eigenvalue weighted by Gasteiger charge is 2.47. The smallest absolute Gasteiger partial charge is 0.317 e. The van der Waals surface area contributed by atoms with Gasteiger partial charge < -0.3 is 9.84 Å². The Morgan fingerprint density at radius 1 is 1.17 bits per heavy atom. The first-order valence-corrected chi connectivity index (χ1v) is 8.16. The van der Waals surface area contributed by atoms with Crippen molar-refractivity contribution in [1.82, 2.24) is 0 Å². The first kappa shape index (κ1) is 17.7. The number of hydrogen-bond acceptors (Lipinski definition) is 3. The number of carbonyl (C=O) groups is 2. The van der Waals surface area contributed by atoms with E-state index in [4.69, 9.17) is 4.74 Å². The number of benzene rings is 1. The molecule has 0 saturated heterocycles. The molecule has 0 heterocycles. The van der Waals surface area contributed by atoms with E-state index < -0.39 is 11.4 Å². The van der Waals surface area contributed by atoms with Crippen molar-refractivity contribution >= 4 is 11.8 Å². The number of aliphatic carboxylic acids is 1. The number of Topliss-reactive ketones (excluding diaryl/α,β-unsaturated/α-hetero) is 1. The molecule has 0 aromatic heterocycles. The summed E-state index contributed by atoms with van der Waals surface area (Å²) in [6, 6.07) is 4.09. The number of ketones is 1. The van der Waals surface area contributed by atoms with Crippen molar-refractivity contribution in [2.24, 2.45) is 5.41 Å². The van der Waals surface area contributed by atoms with Crippen LogP contribution in [0.4, 0.5) is 0 Å². The summed E-state index contributed by atoms with van der Waals surface area (Å²) in [5.74, 6) is -1.16. The fourth-order valence-corrected chi connectivity index (χ4v) is 3.75. The third kappa shape index (κ3) is 3.47. The molecule has 0 aliphatic heterocycles. The Balaban J connectivity index is 2.25. The summed E-state index contributed by atoms with van der Waals surface area (Å²) in [5, 5.41) is 9.72. The number of rotatable bonds is 5. The average Bonchev–Trinajstić information content (AvgIpc) is 2.50. The summed E-state index contributed by atoms with van der Waals surface area (Å²) >= 11 is 0. The van der Waals surface area contributed by atoms with Crippen LogP contribution >= 0.6 is 0 Å². The van der Waals surface area contributed by atoms with E-state index in [1.54, 1.807) is 7.11 Å². The first-order chi connectivity index (χ1) is 10.8. The standard InChI is InChI=1S/C19H26O4/c1-12-9-13(2)16(14(3)10-12)11-17(20)19(18(21)22)7-5-15(23-4)6-8-19/h9-10,15H,5-8,11H2,1-4H3,(H,21,22). The second-order valence-electron chi connectivity index (χ2n) is 6.80. The van der Waals surface area contributed by atoms with E-state index in [1.165, 1.54) is 0 Å². The van der Waals surface area contributed by atoms with Gasteiger partial charge in [-0.05, 0) is 63.1 Å². The van der Waals surface area contributed by atoms with Crippen LogP contribution in [0.5, 0.6) is 0 Å². The van der Waals surface area contributed by atoms with Crippen LogP contribution in [0.3, 0.4) is 0 Å². The Morgan fingerprint density at radius 3 is 2.13 bits per heavy atom. The fourth-order valence-electron chi connectivity index (χ4n) is 3.75. The number of methoxy groups -OCH3 is 1. The molecule has 0 spiro atoms. The number of aryl methyl sites for hydroxylation is 3. The van der Waals surface area contributed by atoms with Crippen molar-refractivity contribution in [1.29, 1.82) is 0 Å². The lowest BCUT2D eigenvalue weighted by Gasteiger charge is -2.35. The summed E-state index contributed by atoms with van der Waals surface area (Å²) in [6.07, 6.45) is 2.24. The number of carbonyl (C=O) groups excluding carboxylic acids is 1. The van der Waals surface area contributed by atoms with Gasteiger partial charge in [0.25, 0.3) is 0 Å². The summed E-state index contributed by atoms with van der Waals surface area (Å²) in [4.78, 5) is 24.8. The lowest BCUT2D eigenvalue weighted by molar-refractivity contribution is -0.158. The van der Waals surface area contributed by atoms with Gasteiger partial charge in [-0.3, -0.25) is 9.59 Å². The van der Waals surface area contributed by atoms with Gasteiger partial charge in [-0.1, -0.05) is 17.7 Å². The third-order valence-electron chi connectivity index (χ3n) is 5.24. The molecule has 1 saturated carbocycles. The molecule has 0 bridgehead atoms. The minimum atomic E-state index is -1.25. The Labute approximate surface area is 137 Å². The molecule has 1 fully saturated rings. The van der Waals surface area contributed by atoms with Gasteiger partial charge in [0.15, 0.2) is 5.78 Å². The second kappa shape index (κ2) is 6.83. The van der Waals surface area contributed by atoms with Gasteiger partial charge in [0.1, 0.15) is 5.41 Å². The van der Waals surface area contributed by atoms with Crippen LogP contribution < -0.4 is 0 Å². The van der Waals surface area contributed by atoms with Gasteiger partial charge >= 0.3 is 5.97 Å². The molecule has 1 aromatic carbocycles. The van der Waals surface area contributed by atoms with Crippen LogP contribution in [0.15, 0.2) is 12.1 Å². The van der Waals surface area contributed by atoms with Crippen molar-refractivity contribution in [2.45, 2.75) is 59.0 Å². The highest BCUT2D eigenvalue weighted by molar-refractivity contribution is 6.04. The molecular weight excluding hydrogens is 292 g/mol. The first-order valence-electron chi connectivity index (χ1n) is 8.16. The van der Waals surface area contributed by atoms with Crippen molar-refractivity contribution < 1.29 is 19.4 Å². The minimum absolute atomic E-state index is 0.0677. The van der Waals surface area contributed by atoms with Crippen LogP contribution in [-0.4, -0.2) is 30.1 Å². The van der Waals surface area contributed by atoms with Gasteiger partial charge in [-0.25, -0.2) is 0 Å². The molecule has 0 amide bonds. The van der Waals surface area contributed by atoms with E-state index in [9.17, 15) is 14.7 Å². The average molecular weight is 318 g/mol. The van der Waals surface area contributed by atoms with E-state index >= 15 is 0 Å². The molecule has 2 rings (SSSR count). The van der Waals surface area contributed by atoms with E-state index in [-0.39, 0.29) is 18.3 Å². The van der Waals surface area contributed by atoms with Crippen LogP contribution in [0.2, 0.25) is 0 Å². The third-order valence-corrected chi connectivity index (χ3v) is 5.24. The normalized spacial score (nSPS) is 24.4. The van der Waals surface area contributed by atoms with Crippen LogP contribution in [0, 0.1) is 26.2 Å². The van der Waals surface area contributed by atoms with Gasteiger partial charge in [0, 0.05) is 13.5 Å². The predicted octanol–water partition coefficient (Wildman–Crippen LogP) is 3.38. The van der Waals surface area contributed by atoms with E-state index in [0.29, 0.717) is 25.7 Å². The van der Waals surface area contributed by atoms with Crippen LogP contribution in [0.1, 0.15) is 47.9 Å². The maximum Gasteiger partial charge on any atom is 0.317 e. The van der Waals surface area contributed by atoms with Gasteiger partial charge in [0.05, 0.1) is 6.10 Å². The SMILES string of the molecule is COC1CCC(C(=O)O)(C(=O)Cc2c(C)cc(C)cc2C)CC1. The van der Waals surface area contributed by atoms with E-state index in [2.05, 4.69) is 0 Å². The predicted molar refractivity (Wildman–Crippen MR) is 88.7 cm³/mol. The van der Waals surface area contributed by atoms with E-state index in [1.807, 2.05) is 32.9 Å². The largest absolute Gasteiger partial charge is 0.480 e. The second-order valence-corrected chi connectivity index (χ2v) is 6.80. The molecule has 0 radical (unpaired) electrons. The zero-order chi connectivity index (χ0) is 17.2. The van der Waals surface area contributed by atoms with E-state index in [0.717, 1.165) is 22.3 Å². The van der Waals surface area contributed by atoms with Crippen molar-refractivity contribution in [3.8, 4) is 0 Å². The lowest BCUT2D eigenvalue weighted by atomic mass is 9.68. The van der Waals surface area contributed by atoms with Crippen molar-refractivity contribution in [3.05, 3.63) is 34.4 Å². The topological polar surface area (TPSA) is 63.6 Å². The molecule has 1 aliphatic carbocycles. The molecule has 1 aromatic rings. The quantitative estimate of drug-likeness (QED) is 0.845. The highest BCUT2D eigenvalue weighted by Crippen LogP contribution is 2.39. The molecule has 4 heteroatoms. The van der Waals surface area contributed by atoms with Crippen molar-refractivity contribution in [3.63, 3.8) is 0 Å². The minimum Gasteiger partial charge on any atom is -0.480 e. The molecule has 1 aliphatic rings. The maximum atomic E-state index is 12.9. The molecule has 126 valence electrons. The molecule has 0 atom stereocenters.